The van der Waals surface area contributed by atoms with Gasteiger partial charge in [-0.3, -0.25) is 14.4 Å². The molecule has 0 unspecified atom stereocenters. The first-order chi connectivity index (χ1) is 13.5. The van der Waals surface area contributed by atoms with E-state index in [0.29, 0.717) is 22.4 Å². The lowest BCUT2D eigenvalue weighted by Gasteiger charge is -2.08. The number of amides is 1. The minimum Gasteiger partial charge on any atom is -0.456 e. The first kappa shape index (κ1) is 19.3. The molecule has 7 nitrogen and oxygen atoms in total. The molecular weight excluding hydrogens is 358 g/mol. The fourth-order valence-corrected chi connectivity index (χ4v) is 2.76. The van der Waals surface area contributed by atoms with Crippen molar-refractivity contribution in [2.45, 2.75) is 26.2 Å². The van der Waals surface area contributed by atoms with Gasteiger partial charge in [-0.1, -0.05) is 31.2 Å². The van der Waals surface area contributed by atoms with Crippen molar-refractivity contribution in [2.24, 2.45) is 0 Å². The molecule has 144 valence electrons. The number of para-hydroxylation sites is 1. The average Bonchev–Trinajstić information content (AvgIpc) is 2.71. The lowest BCUT2D eigenvalue weighted by atomic mass is 10.1. The van der Waals surface area contributed by atoms with E-state index in [0.717, 1.165) is 12.0 Å². The van der Waals surface area contributed by atoms with E-state index in [2.05, 4.69) is 15.3 Å². The molecule has 0 aliphatic carbocycles. The lowest BCUT2D eigenvalue weighted by Crippen LogP contribution is -2.21. The number of aromatic nitrogens is 2. The number of nitrogens with zero attached hydrogens (tertiary/aromatic N) is 1. The second-order valence-corrected chi connectivity index (χ2v) is 6.29. The molecule has 3 aromatic rings. The van der Waals surface area contributed by atoms with Gasteiger partial charge in [0.15, 0.2) is 6.61 Å². The summed E-state index contributed by atoms with van der Waals surface area (Å²) in [4.78, 5) is 42.8. The number of nitrogens with one attached hydrogen (secondary N) is 2. The van der Waals surface area contributed by atoms with Crippen LogP contribution in [0.2, 0.25) is 0 Å². The minimum absolute atomic E-state index is 0.0138. The van der Waals surface area contributed by atoms with Crippen LogP contribution in [0.3, 0.4) is 0 Å². The zero-order valence-electron chi connectivity index (χ0n) is 15.5. The molecule has 1 amide bonds. The molecular formula is C21H21N3O4. The molecule has 0 aliphatic heterocycles. The van der Waals surface area contributed by atoms with Gasteiger partial charge in [-0.2, -0.15) is 0 Å². The standard InChI is InChI=1S/C21H21N3O4/c1-2-14-6-5-7-15(12-14)22-19(25)13-28-20(26)11-10-18-23-17-9-4-3-8-16(17)21(27)24-18/h3-9,12H,2,10-11,13H2,1H3,(H,22,25)(H,23,24,27). The Labute approximate surface area is 161 Å². The molecule has 0 spiro atoms. The van der Waals surface area contributed by atoms with Crippen LogP contribution in [0.5, 0.6) is 0 Å². The van der Waals surface area contributed by atoms with Crippen molar-refractivity contribution in [2.75, 3.05) is 11.9 Å². The number of H-pyrrole nitrogens is 1. The van der Waals surface area contributed by atoms with Crippen molar-refractivity contribution in [1.82, 2.24) is 9.97 Å². The fraction of sp³-hybridized carbons (Fsp3) is 0.238. The second-order valence-electron chi connectivity index (χ2n) is 6.29. The zero-order chi connectivity index (χ0) is 19.9. The fourth-order valence-electron chi connectivity index (χ4n) is 2.76. The molecule has 1 aromatic heterocycles. The number of anilines is 1. The smallest absolute Gasteiger partial charge is 0.306 e. The Morgan fingerprint density at radius 3 is 2.79 bits per heavy atom. The number of hydrogen-bond donors (Lipinski definition) is 2. The van der Waals surface area contributed by atoms with Crippen LogP contribution in [-0.2, 0) is 27.2 Å². The van der Waals surface area contributed by atoms with Gasteiger partial charge in [0.2, 0.25) is 0 Å². The molecule has 0 fully saturated rings. The molecule has 0 saturated heterocycles. The molecule has 2 N–H and O–H groups in total. The van der Waals surface area contributed by atoms with E-state index >= 15 is 0 Å². The molecule has 0 saturated carbocycles. The number of carbonyl (C=O) groups is 2. The number of aromatic amines is 1. The van der Waals surface area contributed by atoms with Crippen LogP contribution < -0.4 is 10.9 Å². The van der Waals surface area contributed by atoms with E-state index in [1.807, 2.05) is 25.1 Å². The molecule has 0 atom stereocenters. The van der Waals surface area contributed by atoms with Crippen LogP contribution in [-0.4, -0.2) is 28.5 Å². The number of ether oxygens (including phenoxy) is 1. The Morgan fingerprint density at radius 2 is 1.96 bits per heavy atom. The number of hydrogen-bond acceptors (Lipinski definition) is 5. The minimum atomic E-state index is -0.534. The van der Waals surface area contributed by atoms with Crippen molar-refractivity contribution in [3.63, 3.8) is 0 Å². The summed E-state index contributed by atoms with van der Waals surface area (Å²) >= 11 is 0. The SMILES string of the molecule is CCc1cccc(NC(=O)COC(=O)CCc2nc3ccccc3c(=O)[nH]2)c1. The Bertz CT molecular complexity index is 1060. The van der Waals surface area contributed by atoms with Gasteiger partial charge in [-0.25, -0.2) is 4.98 Å². The predicted octanol–water partition coefficient (Wildman–Crippen LogP) is 2.60. The largest absolute Gasteiger partial charge is 0.456 e. The summed E-state index contributed by atoms with van der Waals surface area (Å²) in [6, 6.07) is 14.5. The van der Waals surface area contributed by atoms with Crippen molar-refractivity contribution in [3.05, 3.63) is 70.3 Å². The van der Waals surface area contributed by atoms with Crippen molar-refractivity contribution >= 4 is 28.5 Å². The summed E-state index contributed by atoms with van der Waals surface area (Å²) in [7, 11) is 0. The summed E-state index contributed by atoms with van der Waals surface area (Å²) in [5.41, 5.74) is 2.09. The zero-order valence-corrected chi connectivity index (χ0v) is 15.5. The number of esters is 1. The van der Waals surface area contributed by atoms with Gasteiger partial charge in [0.25, 0.3) is 11.5 Å². The molecule has 2 aromatic carbocycles. The van der Waals surface area contributed by atoms with Gasteiger partial charge in [0, 0.05) is 12.1 Å². The Kier molecular flexibility index (Phi) is 6.16. The van der Waals surface area contributed by atoms with Gasteiger partial charge < -0.3 is 15.0 Å². The van der Waals surface area contributed by atoms with Gasteiger partial charge in [-0.15, -0.1) is 0 Å². The van der Waals surface area contributed by atoms with E-state index in [4.69, 9.17) is 4.74 Å². The molecule has 0 radical (unpaired) electrons. The maximum Gasteiger partial charge on any atom is 0.306 e. The third-order valence-corrected chi connectivity index (χ3v) is 4.21. The quantitative estimate of drug-likeness (QED) is 0.615. The highest BCUT2D eigenvalue weighted by Crippen LogP contribution is 2.11. The number of aryl methyl sites for hydroxylation is 2. The third-order valence-electron chi connectivity index (χ3n) is 4.21. The van der Waals surface area contributed by atoms with Crippen LogP contribution in [0, 0.1) is 0 Å². The van der Waals surface area contributed by atoms with Gasteiger partial charge >= 0.3 is 5.97 Å². The van der Waals surface area contributed by atoms with E-state index < -0.39 is 11.9 Å². The lowest BCUT2D eigenvalue weighted by molar-refractivity contribution is -0.147. The summed E-state index contributed by atoms with van der Waals surface area (Å²) in [5.74, 6) is -0.534. The van der Waals surface area contributed by atoms with Crippen molar-refractivity contribution < 1.29 is 14.3 Å². The topological polar surface area (TPSA) is 101 Å². The van der Waals surface area contributed by atoms with Crippen LogP contribution >= 0.6 is 0 Å². The monoisotopic (exact) mass is 379 g/mol. The summed E-state index contributed by atoms with van der Waals surface area (Å²) in [6.07, 6.45) is 1.10. The average molecular weight is 379 g/mol. The number of fused-ring (bicyclic) bond motifs is 1. The number of rotatable bonds is 7. The Morgan fingerprint density at radius 1 is 1.14 bits per heavy atom. The maximum absolute atomic E-state index is 12.0. The highest BCUT2D eigenvalue weighted by atomic mass is 16.5. The maximum atomic E-state index is 12.0. The first-order valence-corrected chi connectivity index (χ1v) is 9.07. The van der Waals surface area contributed by atoms with Crippen molar-refractivity contribution in [1.29, 1.82) is 0 Å². The van der Waals surface area contributed by atoms with Crippen LogP contribution in [0.4, 0.5) is 5.69 Å². The molecule has 0 aliphatic rings. The first-order valence-electron chi connectivity index (χ1n) is 9.07. The molecule has 1 heterocycles. The van der Waals surface area contributed by atoms with Crippen molar-refractivity contribution in [3.8, 4) is 0 Å². The van der Waals surface area contributed by atoms with Crippen LogP contribution in [0.25, 0.3) is 10.9 Å². The summed E-state index contributed by atoms with van der Waals surface area (Å²) in [5, 5.41) is 3.20. The van der Waals surface area contributed by atoms with Gasteiger partial charge in [0.1, 0.15) is 5.82 Å². The van der Waals surface area contributed by atoms with E-state index in [-0.39, 0.29) is 25.0 Å². The molecule has 28 heavy (non-hydrogen) atoms. The normalized spacial score (nSPS) is 10.6. The van der Waals surface area contributed by atoms with Crippen LogP contribution in [0.1, 0.15) is 24.7 Å². The highest BCUT2D eigenvalue weighted by Gasteiger charge is 2.10. The number of carbonyl (C=O) groups excluding carboxylic acids is 2. The third kappa shape index (κ3) is 5.03. The second kappa shape index (κ2) is 8.94. The highest BCUT2D eigenvalue weighted by molar-refractivity contribution is 5.92. The van der Waals surface area contributed by atoms with Gasteiger partial charge in [-0.05, 0) is 36.2 Å². The summed E-state index contributed by atoms with van der Waals surface area (Å²) in [6.45, 7) is 1.66. The predicted molar refractivity (Wildman–Crippen MR) is 106 cm³/mol. The molecule has 7 heteroatoms. The number of benzene rings is 2. The van der Waals surface area contributed by atoms with E-state index in [1.54, 1.807) is 30.3 Å². The van der Waals surface area contributed by atoms with E-state index in [1.165, 1.54) is 0 Å². The van der Waals surface area contributed by atoms with E-state index in [9.17, 15) is 14.4 Å². The Hall–Kier alpha value is -3.48. The molecule has 0 bridgehead atoms. The Balaban J connectivity index is 1.49. The summed E-state index contributed by atoms with van der Waals surface area (Å²) < 4.78 is 5.00. The molecule has 3 rings (SSSR count). The van der Waals surface area contributed by atoms with Crippen LogP contribution in [0.15, 0.2) is 53.3 Å². The van der Waals surface area contributed by atoms with Gasteiger partial charge in [0.05, 0.1) is 17.3 Å².